The Morgan fingerprint density at radius 3 is 2.16 bits per heavy atom. The number of nitrogens with zero attached hydrogens (tertiary/aromatic N) is 3. The van der Waals surface area contributed by atoms with Gasteiger partial charge in [0.25, 0.3) is 0 Å². The van der Waals surface area contributed by atoms with Gasteiger partial charge in [0.15, 0.2) is 0 Å². The molecule has 1 N–H and O–H groups in total. The Balaban J connectivity index is 2.45. The summed E-state index contributed by atoms with van der Waals surface area (Å²) in [6.45, 7) is 0.652. The van der Waals surface area contributed by atoms with E-state index < -0.39 is 46.2 Å². The van der Waals surface area contributed by atoms with Crippen LogP contribution < -0.4 is 9.62 Å². The first-order chi connectivity index (χ1) is 15.0. The first kappa shape index (κ1) is 25.2. The Hall–Kier alpha value is -3.05. The molecule has 8 nitrogen and oxygen atoms in total. The molecule has 0 fully saturated rings. The van der Waals surface area contributed by atoms with Crippen molar-refractivity contribution in [1.29, 1.82) is 0 Å². The normalized spacial score (nSPS) is 12.3. The molecule has 0 saturated heterocycles. The van der Waals surface area contributed by atoms with E-state index in [0.717, 1.165) is 15.3 Å². The first-order valence-electron chi connectivity index (χ1n) is 9.69. The van der Waals surface area contributed by atoms with Gasteiger partial charge in [0.2, 0.25) is 11.8 Å². The molecule has 1 atom stereocenters. The van der Waals surface area contributed by atoms with Crippen LogP contribution in [0.4, 0.5) is 14.5 Å². The van der Waals surface area contributed by atoms with Gasteiger partial charge in [-0.15, -0.1) is 0 Å². The lowest BCUT2D eigenvalue weighted by Crippen LogP contribution is -2.52. The van der Waals surface area contributed by atoms with Crippen LogP contribution in [0, 0.1) is 11.6 Å². The third-order valence-corrected chi connectivity index (χ3v) is 6.63. The Labute approximate surface area is 186 Å². The molecule has 0 aliphatic carbocycles. The first-order valence-corrected chi connectivity index (χ1v) is 11.1. The van der Waals surface area contributed by atoms with Crippen LogP contribution in [0.2, 0.25) is 0 Å². The van der Waals surface area contributed by atoms with Crippen LogP contribution in [0.3, 0.4) is 0 Å². The minimum atomic E-state index is -4.24. The van der Waals surface area contributed by atoms with Gasteiger partial charge < -0.3 is 10.2 Å². The number of benzene rings is 2. The summed E-state index contributed by atoms with van der Waals surface area (Å²) in [6, 6.07) is 9.55. The minimum absolute atomic E-state index is 0.0825. The molecule has 0 aliphatic heterocycles. The van der Waals surface area contributed by atoms with E-state index in [0.29, 0.717) is 9.87 Å². The molecule has 0 saturated carbocycles. The van der Waals surface area contributed by atoms with Crippen molar-refractivity contribution in [2.75, 3.05) is 32.0 Å². The molecule has 174 valence electrons. The molecule has 1 unspecified atom stereocenters. The Morgan fingerprint density at radius 1 is 1.03 bits per heavy atom. The van der Waals surface area contributed by atoms with Crippen LogP contribution in [-0.4, -0.2) is 63.2 Å². The molecule has 2 amide bonds. The third-order valence-electron chi connectivity index (χ3n) is 4.82. The maximum atomic E-state index is 14.5. The van der Waals surface area contributed by atoms with Gasteiger partial charge in [-0.2, -0.15) is 12.7 Å². The highest BCUT2D eigenvalue weighted by Crippen LogP contribution is 2.23. The van der Waals surface area contributed by atoms with Crippen molar-refractivity contribution in [1.82, 2.24) is 14.5 Å². The molecule has 0 aliphatic rings. The number of halogens is 2. The van der Waals surface area contributed by atoms with Crippen LogP contribution in [0.25, 0.3) is 0 Å². The van der Waals surface area contributed by atoms with E-state index in [-0.39, 0.29) is 12.2 Å². The fourth-order valence-electron chi connectivity index (χ4n) is 2.93. The van der Waals surface area contributed by atoms with E-state index in [1.165, 1.54) is 70.5 Å². The van der Waals surface area contributed by atoms with Gasteiger partial charge in [-0.3, -0.25) is 9.59 Å². The van der Waals surface area contributed by atoms with Crippen LogP contribution in [-0.2, 0) is 26.3 Å². The summed E-state index contributed by atoms with van der Waals surface area (Å²) in [5, 5.41) is 2.44. The summed E-state index contributed by atoms with van der Waals surface area (Å²) in [5.41, 5.74) is 0.229. The summed E-state index contributed by atoms with van der Waals surface area (Å²) < 4.78 is 55.0. The topological polar surface area (TPSA) is 90.0 Å². The van der Waals surface area contributed by atoms with Crippen molar-refractivity contribution in [2.45, 2.75) is 19.5 Å². The average Bonchev–Trinajstić information content (AvgIpc) is 2.76. The van der Waals surface area contributed by atoms with Gasteiger partial charge in [-0.05, 0) is 36.8 Å². The van der Waals surface area contributed by atoms with Crippen molar-refractivity contribution < 1.29 is 26.8 Å². The minimum Gasteiger partial charge on any atom is -0.357 e. The lowest BCUT2D eigenvalue weighted by atomic mass is 10.1. The summed E-state index contributed by atoms with van der Waals surface area (Å²) in [4.78, 5) is 26.7. The number of anilines is 1. The van der Waals surface area contributed by atoms with Gasteiger partial charge in [0.05, 0.1) is 5.69 Å². The Morgan fingerprint density at radius 2 is 1.62 bits per heavy atom. The van der Waals surface area contributed by atoms with Crippen molar-refractivity contribution in [2.24, 2.45) is 0 Å². The maximum Gasteiger partial charge on any atom is 0.304 e. The SMILES string of the molecule is CNC(=O)C(C)N(Cc1ccc(F)cc1)C(=O)CN(c1ccccc1F)S(=O)(=O)N(C)C. The van der Waals surface area contributed by atoms with E-state index in [2.05, 4.69) is 5.32 Å². The van der Waals surface area contributed by atoms with E-state index in [4.69, 9.17) is 0 Å². The zero-order valence-electron chi connectivity index (χ0n) is 18.2. The van der Waals surface area contributed by atoms with Gasteiger partial charge in [-0.1, -0.05) is 24.3 Å². The highest BCUT2D eigenvalue weighted by molar-refractivity contribution is 7.90. The van der Waals surface area contributed by atoms with Crippen molar-refractivity contribution in [3.05, 3.63) is 65.7 Å². The van der Waals surface area contributed by atoms with E-state index in [9.17, 15) is 26.8 Å². The molecule has 0 radical (unpaired) electrons. The van der Waals surface area contributed by atoms with Gasteiger partial charge in [0.1, 0.15) is 24.2 Å². The van der Waals surface area contributed by atoms with Crippen molar-refractivity contribution in [3.63, 3.8) is 0 Å². The molecule has 0 aromatic heterocycles. The highest BCUT2D eigenvalue weighted by atomic mass is 32.2. The van der Waals surface area contributed by atoms with Crippen LogP contribution >= 0.6 is 0 Å². The Kier molecular flexibility index (Phi) is 8.28. The summed E-state index contributed by atoms with van der Waals surface area (Å²) >= 11 is 0. The smallest absolute Gasteiger partial charge is 0.304 e. The van der Waals surface area contributed by atoms with E-state index in [1.54, 1.807) is 0 Å². The molecular formula is C21H26F2N4O4S. The van der Waals surface area contributed by atoms with Crippen molar-refractivity contribution in [3.8, 4) is 0 Å². The predicted octanol–water partition coefficient (Wildman–Crippen LogP) is 1.74. The average molecular weight is 469 g/mol. The summed E-state index contributed by atoms with van der Waals surface area (Å²) in [7, 11) is -0.318. The zero-order valence-corrected chi connectivity index (χ0v) is 19.1. The molecule has 2 rings (SSSR count). The number of amides is 2. The second-order valence-corrected chi connectivity index (χ2v) is 9.25. The van der Waals surface area contributed by atoms with Gasteiger partial charge >= 0.3 is 10.2 Å². The number of carbonyl (C=O) groups is 2. The van der Waals surface area contributed by atoms with E-state index in [1.807, 2.05) is 0 Å². The highest BCUT2D eigenvalue weighted by Gasteiger charge is 2.33. The van der Waals surface area contributed by atoms with Gasteiger partial charge in [-0.25, -0.2) is 13.1 Å². The quantitative estimate of drug-likeness (QED) is 0.607. The molecule has 0 spiro atoms. The summed E-state index contributed by atoms with van der Waals surface area (Å²) in [5.74, 6) is -2.50. The van der Waals surface area contributed by atoms with E-state index >= 15 is 0 Å². The molecule has 2 aromatic rings. The lowest BCUT2D eigenvalue weighted by Gasteiger charge is -2.32. The molecule has 2 aromatic carbocycles. The number of rotatable bonds is 9. The maximum absolute atomic E-state index is 14.5. The number of para-hydroxylation sites is 1. The predicted molar refractivity (Wildman–Crippen MR) is 117 cm³/mol. The third kappa shape index (κ3) is 5.80. The zero-order chi connectivity index (χ0) is 24.1. The van der Waals surface area contributed by atoms with Crippen LogP contribution in [0.15, 0.2) is 48.5 Å². The van der Waals surface area contributed by atoms with Crippen LogP contribution in [0.1, 0.15) is 12.5 Å². The second-order valence-electron chi connectivity index (χ2n) is 7.19. The standard InChI is InChI=1S/C21H26F2N4O4S/c1-15(21(29)24-2)26(13-16-9-11-17(22)12-10-16)20(28)14-27(32(30,31)25(3)4)19-8-6-5-7-18(19)23/h5-12,15H,13-14H2,1-4H3,(H,24,29). The molecule has 11 heteroatoms. The molecule has 0 bridgehead atoms. The fourth-order valence-corrected chi connectivity index (χ4v) is 4.00. The van der Waals surface area contributed by atoms with Crippen molar-refractivity contribution >= 4 is 27.7 Å². The Bertz CT molecular complexity index is 1060. The molecular weight excluding hydrogens is 442 g/mol. The van der Waals surface area contributed by atoms with Gasteiger partial charge in [0, 0.05) is 27.7 Å². The summed E-state index contributed by atoms with van der Waals surface area (Å²) in [6.07, 6.45) is 0. The number of hydrogen-bond acceptors (Lipinski definition) is 4. The number of nitrogens with one attached hydrogen (secondary N) is 1. The number of hydrogen-bond donors (Lipinski definition) is 1. The molecule has 0 heterocycles. The largest absolute Gasteiger partial charge is 0.357 e. The number of likely N-dealkylation sites (N-methyl/N-ethyl adjacent to an activating group) is 1. The second kappa shape index (κ2) is 10.5. The molecule has 32 heavy (non-hydrogen) atoms. The number of carbonyl (C=O) groups excluding carboxylic acids is 2. The fraction of sp³-hybridized carbons (Fsp3) is 0.333. The van der Waals surface area contributed by atoms with Crippen LogP contribution in [0.5, 0.6) is 0 Å². The monoisotopic (exact) mass is 468 g/mol. The lowest BCUT2D eigenvalue weighted by molar-refractivity contribution is -0.139.